The van der Waals surface area contributed by atoms with Gasteiger partial charge in [0.05, 0.1) is 11.3 Å². The van der Waals surface area contributed by atoms with E-state index >= 15 is 0 Å². The van der Waals surface area contributed by atoms with Crippen LogP contribution in [-0.2, 0) is 11.8 Å². The highest BCUT2D eigenvalue weighted by atomic mass is 32.2. The molecule has 2 aromatic carbocycles. The first kappa shape index (κ1) is 19.7. The van der Waals surface area contributed by atoms with Crippen molar-refractivity contribution in [2.24, 2.45) is 7.05 Å². The molecule has 4 aromatic rings. The Morgan fingerprint density at radius 1 is 1.16 bits per heavy atom. The first-order chi connectivity index (χ1) is 15.1. The summed E-state index contributed by atoms with van der Waals surface area (Å²) in [4.78, 5) is 30.9. The second-order valence-corrected chi connectivity index (χ2v) is 8.85. The fraction of sp³-hybridized carbons (Fsp3) is 0.136. The minimum Gasteiger partial charge on any atom is -0.454 e. The highest BCUT2D eigenvalue weighted by molar-refractivity contribution is 7.99. The fourth-order valence-electron chi connectivity index (χ4n) is 3.21. The van der Waals surface area contributed by atoms with Gasteiger partial charge in [-0.25, -0.2) is 4.98 Å². The highest BCUT2D eigenvalue weighted by Gasteiger charge is 2.16. The maximum atomic E-state index is 12.8. The summed E-state index contributed by atoms with van der Waals surface area (Å²) in [6.45, 7) is 0.180. The van der Waals surface area contributed by atoms with Crippen LogP contribution in [0.25, 0.3) is 20.7 Å². The Bertz CT molecular complexity index is 1350. The van der Waals surface area contributed by atoms with Crippen molar-refractivity contribution in [1.29, 1.82) is 0 Å². The van der Waals surface area contributed by atoms with E-state index in [1.54, 1.807) is 25.2 Å². The number of hydrogen-bond acceptors (Lipinski definition) is 7. The number of nitrogens with one attached hydrogen (secondary N) is 1. The van der Waals surface area contributed by atoms with Gasteiger partial charge in [0.2, 0.25) is 12.7 Å². The van der Waals surface area contributed by atoms with Crippen LogP contribution < -0.4 is 20.3 Å². The Morgan fingerprint density at radius 2 is 1.97 bits per heavy atom. The van der Waals surface area contributed by atoms with Gasteiger partial charge >= 0.3 is 0 Å². The van der Waals surface area contributed by atoms with Gasteiger partial charge in [0.1, 0.15) is 4.70 Å². The molecule has 0 saturated heterocycles. The molecule has 0 atom stereocenters. The van der Waals surface area contributed by atoms with Crippen molar-refractivity contribution >= 4 is 44.9 Å². The van der Waals surface area contributed by atoms with Crippen LogP contribution in [0.2, 0.25) is 0 Å². The number of benzene rings is 2. The van der Waals surface area contributed by atoms with Gasteiger partial charge in [-0.15, -0.1) is 11.3 Å². The summed E-state index contributed by atoms with van der Waals surface area (Å²) in [6, 6.07) is 17.1. The maximum absolute atomic E-state index is 12.8. The second-order valence-electron chi connectivity index (χ2n) is 6.85. The van der Waals surface area contributed by atoms with Crippen molar-refractivity contribution in [2.45, 2.75) is 5.16 Å². The van der Waals surface area contributed by atoms with Crippen LogP contribution >= 0.6 is 23.1 Å². The summed E-state index contributed by atoms with van der Waals surface area (Å²) in [6.07, 6.45) is 0. The van der Waals surface area contributed by atoms with Crippen molar-refractivity contribution in [1.82, 2.24) is 9.55 Å². The summed E-state index contributed by atoms with van der Waals surface area (Å²) >= 11 is 2.65. The number of hydrogen-bond donors (Lipinski definition) is 1. The number of rotatable bonds is 5. The molecule has 0 spiro atoms. The fourth-order valence-corrected chi connectivity index (χ4v) is 5.06. The number of anilines is 1. The van der Waals surface area contributed by atoms with Crippen molar-refractivity contribution in [2.75, 3.05) is 17.9 Å². The first-order valence-corrected chi connectivity index (χ1v) is 11.3. The second kappa shape index (κ2) is 8.09. The minimum absolute atomic E-state index is 0.115. The molecule has 2 aromatic heterocycles. The molecule has 1 aliphatic heterocycles. The van der Waals surface area contributed by atoms with Gasteiger partial charge in [-0.05, 0) is 23.8 Å². The van der Waals surface area contributed by atoms with Crippen LogP contribution in [-0.4, -0.2) is 28.0 Å². The molecule has 31 heavy (non-hydrogen) atoms. The molecule has 0 aliphatic carbocycles. The first-order valence-electron chi connectivity index (χ1n) is 9.47. The summed E-state index contributed by atoms with van der Waals surface area (Å²) in [5, 5.41) is 3.33. The van der Waals surface area contributed by atoms with E-state index in [4.69, 9.17) is 9.47 Å². The van der Waals surface area contributed by atoms with E-state index in [0.29, 0.717) is 32.6 Å². The number of nitrogens with zero attached hydrogens (tertiary/aromatic N) is 2. The monoisotopic (exact) mass is 451 g/mol. The van der Waals surface area contributed by atoms with Crippen molar-refractivity contribution in [3.05, 3.63) is 65.0 Å². The molecule has 0 bridgehead atoms. The third-order valence-corrected chi connectivity index (χ3v) is 6.95. The van der Waals surface area contributed by atoms with E-state index in [-0.39, 0.29) is 24.0 Å². The van der Waals surface area contributed by atoms with Gasteiger partial charge in [-0.1, -0.05) is 42.1 Å². The number of amides is 1. The summed E-state index contributed by atoms with van der Waals surface area (Å²) in [5.74, 6) is 1.18. The predicted molar refractivity (Wildman–Crippen MR) is 122 cm³/mol. The molecule has 7 nitrogen and oxygen atoms in total. The van der Waals surface area contributed by atoms with Gasteiger partial charge in [-0.2, -0.15) is 0 Å². The number of thiophene rings is 1. The highest BCUT2D eigenvalue weighted by Crippen LogP contribution is 2.34. The van der Waals surface area contributed by atoms with Gasteiger partial charge in [0, 0.05) is 23.7 Å². The maximum Gasteiger partial charge on any atom is 0.271 e. The zero-order valence-corrected chi connectivity index (χ0v) is 18.1. The number of carbonyl (C=O) groups is 1. The number of fused-ring (bicyclic) bond motifs is 2. The van der Waals surface area contributed by atoms with Crippen LogP contribution in [0.4, 0.5) is 5.69 Å². The van der Waals surface area contributed by atoms with Crippen molar-refractivity contribution < 1.29 is 14.3 Å². The molecule has 3 heterocycles. The molecule has 1 aliphatic rings. The van der Waals surface area contributed by atoms with Crippen molar-refractivity contribution in [3.63, 3.8) is 0 Å². The van der Waals surface area contributed by atoms with E-state index < -0.39 is 0 Å². The lowest BCUT2D eigenvalue weighted by molar-refractivity contribution is -0.113. The van der Waals surface area contributed by atoms with Crippen LogP contribution in [0.1, 0.15) is 0 Å². The van der Waals surface area contributed by atoms with Crippen LogP contribution in [0, 0.1) is 0 Å². The summed E-state index contributed by atoms with van der Waals surface area (Å²) in [7, 11) is 1.68. The molecular formula is C22H17N3O4S2. The normalized spacial score (nSPS) is 12.3. The van der Waals surface area contributed by atoms with E-state index in [2.05, 4.69) is 10.3 Å². The molecule has 1 amide bonds. The molecule has 156 valence electrons. The quantitative estimate of drug-likeness (QED) is 0.363. The molecule has 0 radical (unpaired) electrons. The van der Waals surface area contributed by atoms with Gasteiger partial charge in [0.25, 0.3) is 5.56 Å². The number of aromatic nitrogens is 2. The molecule has 1 N–H and O–H groups in total. The molecule has 0 saturated carbocycles. The number of thioether (sulfide) groups is 1. The number of carbonyl (C=O) groups excluding carboxylic acids is 1. The van der Waals surface area contributed by atoms with E-state index in [1.807, 2.05) is 36.4 Å². The largest absolute Gasteiger partial charge is 0.454 e. The molecule has 0 unspecified atom stereocenters. The third-order valence-electron chi connectivity index (χ3n) is 4.76. The molecule has 9 heteroatoms. The van der Waals surface area contributed by atoms with E-state index in [1.165, 1.54) is 27.7 Å². The third kappa shape index (κ3) is 3.89. The Labute approximate surface area is 185 Å². The Kier molecular flexibility index (Phi) is 5.13. The molecular weight excluding hydrogens is 434 g/mol. The molecule has 5 rings (SSSR count). The SMILES string of the molecule is Cn1c(SCC(=O)Nc2ccc3c(c2)OCO3)nc2cc(-c3ccccc3)sc2c1=O. The van der Waals surface area contributed by atoms with E-state index in [9.17, 15) is 9.59 Å². The zero-order valence-electron chi connectivity index (χ0n) is 16.5. The topological polar surface area (TPSA) is 82.5 Å². The smallest absolute Gasteiger partial charge is 0.271 e. The van der Waals surface area contributed by atoms with Gasteiger partial charge < -0.3 is 14.8 Å². The van der Waals surface area contributed by atoms with Crippen molar-refractivity contribution in [3.8, 4) is 21.9 Å². The summed E-state index contributed by atoms with van der Waals surface area (Å²) < 4.78 is 12.7. The predicted octanol–water partition coefficient (Wildman–Crippen LogP) is 4.12. The Balaban J connectivity index is 1.33. The average Bonchev–Trinajstić information content (AvgIpc) is 3.42. The lowest BCUT2D eigenvalue weighted by atomic mass is 10.2. The van der Waals surface area contributed by atoms with Gasteiger partial charge in [-0.3, -0.25) is 14.2 Å². The van der Waals surface area contributed by atoms with E-state index in [0.717, 1.165) is 10.4 Å². The van der Waals surface area contributed by atoms with Crippen LogP contribution in [0.3, 0.4) is 0 Å². The summed E-state index contributed by atoms with van der Waals surface area (Å²) in [5.41, 5.74) is 2.20. The van der Waals surface area contributed by atoms with Gasteiger partial charge in [0.15, 0.2) is 16.7 Å². The lowest BCUT2D eigenvalue weighted by Crippen LogP contribution is -2.20. The standard InChI is InChI=1S/C22H17N3O4S2/c1-25-21(27)20-15(10-18(31-20)13-5-3-2-4-6-13)24-22(25)30-11-19(26)23-14-7-8-16-17(9-14)29-12-28-16/h2-10H,11-12H2,1H3,(H,23,26). The van der Waals surface area contributed by atoms with Crippen LogP contribution in [0.15, 0.2) is 64.5 Å². The minimum atomic E-state index is -0.200. The molecule has 0 fully saturated rings. The Morgan fingerprint density at radius 3 is 2.81 bits per heavy atom. The zero-order chi connectivity index (χ0) is 21.4. The lowest BCUT2D eigenvalue weighted by Gasteiger charge is -2.08. The Hall–Kier alpha value is -3.30. The average molecular weight is 452 g/mol. The number of ether oxygens (including phenoxy) is 2. The van der Waals surface area contributed by atoms with Crippen LogP contribution in [0.5, 0.6) is 11.5 Å².